The predicted octanol–water partition coefficient (Wildman–Crippen LogP) is 13.0. The zero-order valence-electron chi connectivity index (χ0n) is 34.3. The van der Waals surface area contributed by atoms with Crippen molar-refractivity contribution in [2.75, 3.05) is 6.54 Å². The van der Waals surface area contributed by atoms with Gasteiger partial charge < -0.3 is 16.2 Å². The van der Waals surface area contributed by atoms with E-state index in [4.69, 9.17) is 21.2 Å². The molecule has 4 heteroatoms. The second kappa shape index (κ2) is 16.7. The summed E-state index contributed by atoms with van der Waals surface area (Å²) < 4.78 is 6.53. The van der Waals surface area contributed by atoms with Crippen LogP contribution < -0.4 is 16.2 Å². The summed E-state index contributed by atoms with van der Waals surface area (Å²) in [6.45, 7) is 1.01. The van der Waals surface area contributed by atoms with Crippen molar-refractivity contribution in [3.8, 4) is 44.9 Å². The molecule has 1 aliphatic carbocycles. The molecule has 1 spiro atoms. The topological polar surface area (TPSA) is 73.6 Å². The molecule has 0 amide bonds. The van der Waals surface area contributed by atoms with Gasteiger partial charge in [-0.05, 0) is 103 Å². The fraction of sp³-hybridized carbons (Fsp3) is 0.0517. The number of nitrogens with zero attached hydrogens (tertiary/aromatic N) is 1. The van der Waals surface area contributed by atoms with E-state index in [1.807, 2.05) is 48.6 Å². The molecule has 8 aromatic rings. The molecule has 0 unspecified atom stereocenters. The third-order valence-corrected chi connectivity index (χ3v) is 12.0. The Balaban J connectivity index is 0.967. The van der Waals surface area contributed by atoms with E-state index < -0.39 is 5.41 Å². The van der Waals surface area contributed by atoms with Crippen LogP contribution in [0.1, 0.15) is 38.9 Å². The molecule has 0 saturated heterocycles. The standard InChI is InChI=1S/C58H45N3O/c59-34-12-19-50-36-49-33-32-48(37-53(49)58(50)51-20-7-9-22-56(51)62-57-23-10-8-21-52(57)58)47-18-11-17-46(35-47)43-24-28-44(29-25-43)54(60)38-55(61-39-40-13-3-1-4-14-40)45-30-26-42(27-31-45)41-15-5-2-6-16-41/h1-33,35-38H,34,39,59-60H2/b19-12-,54-38-,61-55?. The van der Waals surface area contributed by atoms with Crippen molar-refractivity contribution in [2.24, 2.45) is 16.5 Å². The SMILES string of the molecule is NC/C=C\C1=Cc2ccc(-c3cccc(-c4ccc(/C(N)=C/C(=NCc5ccccc5)c5ccc(-c6ccccc6)cc5)cc4)c3)cc2C12c1ccccc1Oc1ccccc12. The summed E-state index contributed by atoms with van der Waals surface area (Å²) in [6.07, 6.45) is 8.54. The normalized spacial score (nSPS) is 13.9. The minimum atomic E-state index is -0.554. The molecule has 8 aromatic carbocycles. The molecule has 2 aliphatic rings. The van der Waals surface area contributed by atoms with Crippen molar-refractivity contribution in [3.63, 3.8) is 0 Å². The van der Waals surface area contributed by atoms with E-state index in [-0.39, 0.29) is 0 Å². The van der Waals surface area contributed by atoms with E-state index in [0.717, 1.165) is 72.8 Å². The molecule has 4 N–H and O–H groups in total. The first-order chi connectivity index (χ1) is 30.6. The van der Waals surface area contributed by atoms with Crippen LogP contribution in [0.25, 0.3) is 45.2 Å². The Kier molecular flexibility index (Phi) is 10.3. The lowest BCUT2D eigenvalue weighted by Gasteiger charge is -2.40. The van der Waals surface area contributed by atoms with Crippen molar-refractivity contribution in [1.29, 1.82) is 0 Å². The first-order valence-corrected chi connectivity index (χ1v) is 21.1. The van der Waals surface area contributed by atoms with Crippen LogP contribution >= 0.6 is 0 Å². The summed E-state index contributed by atoms with van der Waals surface area (Å²) in [4.78, 5) is 5.07. The number of benzene rings is 8. The van der Waals surface area contributed by atoms with Crippen LogP contribution in [0.4, 0.5) is 0 Å². The number of aliphatic imine (C=N–C) groups is 1. The van der Waals surface area contributed by atoms with Crippen molar-refractivity contribution in [2.45, 2.75) is 12.0 Å². The quantitative estimate of drug-likeness (QED) is 0.135. The van der Waals surface area contributed by atoms with Crippen LogP contribution in [0.3, 0.4) is 0 Å². The number of nitrogens with two attached hydrogens (primary N) is 2. The van der Waals surface area contributed by atoms with Crippen LogP contribution in [-0.4, -0.2) is 12.3 Å². The molecule has 0 saturated carbocycles. The fourth-order valence-electron chi connectivity index (χ4n) is 8.99. The predicted molar refractivity (Wildman–Crippen MR) is 257 cm³/mol. The molecule has 1 aliphatic heterocycles. The average molecular weight is 800 g/mol. The van der Waals surface area contributed by atoms with Crippen molar-refractivity contribution < 1.29 is 4.74 Å². The van der Waals surface area contributed by atoms with Crippen molar-refractivity contribution in [1.82, 2.24) is 0 Å². The second-order valence-electron chi connectivity index (χ2n) is 15.8. The van der Waals surface area contributed by atoms with E-state index in [2.05, 4.69) is 176 Å². The van der Waals surface area contributed by atoms with Crippen LogP contribution in [0.15, 0.2) is 229 Å². The maximum absolute atomic E-state index is 6.87. The van der Waals surface area contributed by atoms with Gasteiger partial charge in [-0.15, -0.1) is 0 Å². The zero-order valence-corrected chi connectivity index (χ0v) is 34.3. The highest BCUT2D eigenvalue weighted by Crippen LogP contribution is 2.59. The smallest absolute Gasteiger partial charge is 0.132 e. The zero-order chi connectivity index (χ0) is 41.9. The van der Waals surface area contributed by atoms with E-state index in [9.17, 15) is 0 Å². The van der Waals surface area contributed by atoms with Crippen LogP contribution in [0.2, 0.25) is 0 Å². The number of hydrogen-bond donors (Lipinski definition) is 2. The molecule has 1 heterocycles. The van der Waals surface area contributed by atoms with Crippen LogP contribution in [-0.2, 0) is 12.0 Å². The van der Waals surface area contributed by atoms with E-state index in [1.165, 1.54) is 22.3 Å². The lowest BCUT2D eigenvalue weighted by atomic mass is 9.65. The summed E-state index contributed by atoms with van der Waals surface area (Å²) in [7, 11) is 0. The molecule has 0 aromatic heterocycles. The molecular formula is C58H45N3O. The third-order valence-electron chi connectivity index (χ3n) is 12.0. The van der Waals surface area contributed by atoms with Gasteiger partial charge in [0.1, 0.15) is 11.5 Å². The van der Waals surface area contributed by atoms with E-state index >= 15 is 0 Å². The Labute approximate surface area is 363 Å². The minimum Gasteiger partial charge on any atom is -0.457 e. The number of hydrogen-bond acceptors (Lipinski definition) is 4. The van der Waals surface area contributed by atoms with E-state index in [1.54, 1.807) is 0 Å². The highest BCUT2D eigenvalue weighted by molar-refractivity contribution is 6.12. The van der Waals surface area contributed by atoms with Gasteiger partial charge in [0.05, 0.1) is 17.7 Å². The summed E-state index contributed by atoms with van der Waals surface area (Å²) >= 11 is 0. The van der Waals surface area contributed by atoms with Crippen LogP contribution in [0, 0.1) is 0 Å². The summed E-state index contributed by atoms with van der Waals surface area (Å²) in [5.41, 5.74) is 29.6. The Morgan fingerprint density at radius 2 is 1.05 bits per heavy atom. The van der Waals surface area contributed by atoms with Gasteiger partial charge >= 0.3 is 0 Å². The number of ether oxygens (including phenoxy) is 1. The molecule has 62 heavy (non-hydrogen) atoms. The molecular weight excluding hydrogens is 755 g/mol. The first-order valence-electron chi connectivity index (χ1n) is 21.1. The molecule has 0 radical (unpaired) electrons. The van der Waals surface area contributed by atoms with Gasteiger partial charge in [0.25, 0.3) is 0 Å². The number of allylic oxidation sites excluding steroid dienone is 3. The average Bonchev–Trinajstić information content (AvgIpc) is 3.66. The fourth-order valence-corrected chi connectivity index (χ4v) is 8.99. The molecule has 0 atom stereocenters. The maximum atomic E-state index is 6.87. The Hall–Kier alpha value is -7.79. The number of rotatable bonds is 10. The van der Waals surface area contributed by atoms with Gasteiger partial charge in [0.15, 0.2) is 0 Å². The van der Waals surface area contributed by atoms with E-state index in [0.29, 0.717) is 18.8 Å². The largest absolute Gasteiger partial charge is 0.457 e. The summed E-state index contributed by atoms with van der Waals surface area (Å²) in [6, 6.07) is 70.2. The highest BCUT2D eigenvalue weighted by Gasteiger charge is 2.49. The lowest BCUT2D eigenvalue weighted by Crippen LogP contribution is -2.32. The molecule has 10 rings (SSSR count). The monoisotopic (exact) mass is 799 g/mol. The van der Waals surface area contributed by atoms with Gasteiger partial charge in [-0.2, -0.15) is 0 Å². The summed E-state index contributed by atoms with van der Waals surface area (Å²) in [5.74, 6) is 1.73. The van der Waals surface area contributed by atoms with Gasteiger partial charge in [-0.3, -0.25) is 4.99 Å². The Morgan fingerprint density at radius 1 is 0.516 bits per heavy atom. The highest BCUT2D eigenvalue weighted by atomic mass is 16.5. The molecule has 4 nitrogen and oxygen atoms in total. The third kappa shape index (κ3) is 7.17. The Bertz CT molecular complexity index is 2990. The molecule has 298 valence electrons. The Morgan fingerprint density at radius 3 is 1.73 bits per heavy atom. The van der Waals surface area contributed by atoms with Gasteiger partial charge in [0, 0.05) is 23.4 Å². The number of fused-ring (bicyclic) bond motifs is 6. The first kappa shape index (κ1) is 38.4. The lowest BCUT2D eigenvalue weighted by molar-refractivity contribution is 0.436. The van der Waals surface area contributed by atoms with Crippen molar-refractivity contribution >= 4 is 17.5 Å². The van der Waals surface area contributed by atoms with Crippen molar-refractivity contribution in [3.05, 3.63) is 263 Å². The van der Waals surface area contributed by atoms with Gasteiger partial charge in [-0.25, -0.2) is 0 Å². The minimum absolute atomic E-state index is 0.458. The molecule has 0 fully saturated rings. The van der Waals surface area contributed by atoms with Gasteiger partial charge in [0.2, 0.25) is 0 Å². The van der Waals surface area contributed by atoms with Gasteiger partial charge in [-0.1, -0.05) is 188 Å². The second-order valence-corrected chi connectivity index (χ2v) is 15.8. The maximum Gasteiger partial charge on any atom is 0.132 e. The number of para-hydroxylation sites is 2. The summed E-state index contributed by atoms with van der Waals surface area (Å²) in [5, 5.41) is 0. The molecule has 0 bridgehead atoms. The van der Waals surface area contributed by atoms with Crippen LogP contribution in [0.5, 0.6) is 11.5 Å².